The molecule has 134 valence electrons. The van der Waals surface area contributed by atoms with E-state index in [0.29, 0.717) is 13.1 Å². The third-order valence-electron chi connectivity index (χ3n) is 3.69. The molecule has 0 rings (SSSR count). The van der Waals surface area contributed by atoms with Crippen LogP contribution in [0.2, 0.25) is 0 Å². The van der Waals surface area contributed by atoms with Crippen molar-refractivity contribution >= 4 is 17.6 Å². The van der Waals surface area contributed by atoms with Gasteiger partial charge in [-0.2, -0.15) is 0 Å². The van der Waals surface area contributed by atoms with Gasteiger partial charge in [0.05, 0.1) is 0 Å². The van der Waals surface area contributed by atoms with Gasteiger partial charge in [-0.25, -0.2) is 0 Å². The number of ketones is 1. The van der Waals surface area contributed by atoms with Crippen LogP contribution in [0.3, 0.4) is 0 Å². The van der Waals surface area contributed by atoms with E-state index in [1.165, 1.54) is 4.90 Å². The molecule has 6 nitrogen and oxygen atoms in total. The monoisotopic (exact) mass is 327 g/mol. The van der Waals surface area contributed by atoms with Crippen molar-refractivity contribution in [2.75, 3.05) is 34.2 Å². The van der Waals surface area contributed by atoms with Crippen LogP contribution in [-0.2, 0) is 14.4 Å². The second kappa shape index (κ2) is 9.01. The molecule has 1 atom stereocenters. The largest absolute Gasteiger partial charge is 0.353 e. The molecule has 6 heteroatoms. The SMILES string of the molecule is CC(C)C(=O)N(C)[C@@H](CC(=O)C(C)(C)C)C(=O)NCCN(C)C. The molecule has 0 spiro atoms. The number of nitrogens with one attached hydrogen (secondary N) is 1. The highest BCUT2D eigenvalue weighted by Crippen LogP contribution is 2.20. The van der Waals surface area contributed by atoms with Crippen LogP contribution in [0, 0.1) is 11.3 Å². The number of carbonyl (C=O) groups excluding carboxylic acids is 3. The average molecular weight is 327 g/mol. The number of likely N-dealkylation sites (N-methyl/N-ethyl adjacent to an activating group) is 2. The number of Topliss-reactive ketones (excluding diaryl/α,β-unsaturated/α-hetero) is 1. The molecular formula is C17H33N3O3. The molecule has 2 amide bonds. The zero-order valence-corrected chi connectivity index (χ0v) is 15.9. The molecule has 0 aliphatic carbocycles. The summed E-state index contributed by atoms with van der Waals surface area (Å²) in [5, 5.41) is 2.82. The smallest absolute Gasteiger partial charge is 0.243 e. The van der Waals surface area contributed by atoms with Crippen molar-refractivity contribution < 1.29 is 14.4 Å². The molecule has 0 saturated carbocycles. The van der Waals surface area contributed by atoms with Crippen LogP contribution in [0.1, 0.15) is 41.0 Å². The zero-order valence-electron chi connectivity index (χ0n) is 15.9. The Labute approximate surface area is 140 Å². The highest BCUT2D eigenvalue weighted by molar-refractivity contribution is 5.94. The third kappa shape index (κ3) is 7.59. The van der Waals surface area contributed by atoms with Crippen LogP contribution in [0.5, 0.6) is 0 Å². The number of nitrogens with zero attached hydrogens (tertiary/aromatic N) is 2. The van der Waals surface area contributed by atoms with Crippen molar-refractivity contribution in [1.29, 1.82) is 0 Å². The number of hydrogen-bond donors (Lipinski definition) is 1. The lowest BCUT2D eigenvalue weighted by molar-refractivity contribution is -0.143. The first-order valence-electron chi connectivity index (χ1n) is 8.10. The fourth-order valence-electron chi connectivity index (χ4n) is 1.97. The van der Waals surface area contributed by atoms with Gasteiger partial charge in [0.15, 0.2) is 0 Å². The minimum atomic E-state index is -0.765. The summed E-state index contributed by atoms with van der Waals surface area (Å²) in [6.07, 6.45) is 0.0340. The molecule has 0 unspecified atom stereocenters. The van der Waals surface area contributed by atoms with E-state index in [0.717, 1.165) is 0 Å². The fourth-order valence-corrected chi connectivity index (χ4v) is 1.97. The Morgan fingerprint density at radius 2 is 1.57 bits per heavy atom. The van der Waals surface area contributed by atoms with Gasteiger partial charge in [-0.05, 0) is 14.1 Å². The van der Waals surface area contributed by atoms with Crippen LogP contribution in [0.4, 0.5) is 0 Å². The summed E-state index contributed by atoms with van der Waals surface area (Å²) >= 11 is 0. The summed E-state index contributed by atoms with van der Waals surface area (Å²) in [6.45, 7) is 10.2. The molecule has 0 radical (unpaired) electrons. The highest BCUT2D eigenvalue weighted by Gasteiger charge is 2.33. The van der Waals surface area contributed by atoms with Gasteiger partial charge >= 0.3 is 0 Å². The van der Waals surface area contributed by atoms with Crippen molar-refractivity contribution in [2.24, 2.45) is 11.3 Å². The van der Waals surface area contributed by atoms with Crippen LogP contribution in [0.25, 0.3) is 0 Å². The van der Waals surface area contributed by atoms with Crippen LogP contribution >= 0.6 is 0 Å². The van der Waals surface area contributed by atoms with E-state index in [4.69, 9.17) is 0 Å². The Bertz CT molecular complexity index is 425. The molecule has 0 bridgehead atoms. The van der Waals surface area contributed by atoms with E-state index in [-0.39, 0.29) is 29.9 Å². The molecule has 1 N–H and O–H groups in total. The predicted molar refractivity (Wildman–Crippen MR) is 92.0 cm³/mol. The molecule has 0 aromatic heterocycles. The highest BCUT2D eigenvalue weighted by atomic mass is 16.2. The van der Waals surface area contributed by atoms with Gasteiger partial charge in [0, 0.05) is 37.9 Å². The number of rotatable bonds is 8. The van der Waals surface area contributed by atoms with E-state index in [1.807, 2.05) is 39.8 Å². The van der Waals surface area contributed by atoms with Gasteiger partial charge < -0.3 is 15.1 Å². The summed E-state index contributed by atoms with van der Waals surface area (Å²) in [5.74, 6) is -0.670. The lowest BCUT2D eigenvalue weighted by Crippen LogP contribution is -2.51. The molecule has 0 aliphatic rings. The predicted octanol–water partition coefficient (Wildman–Crippen LogP) is 1.15. The number of hydrogen-bond acceptors (Lipinski definition) is 4. The van der Waals surface area contributed by atoms with Gasteiger partial charge in [0.25, 0.3) is 0 Å². The Kier molecular flexibility index (Phi) is 8.45. The molecule has 0 fully saturated rings. The summed E-state index contributed by atoms with van der Waals surface area (Å²) < 4.78 is 0. The Balaban J connectivity index is 5.10. The van der Waals surface area contributed by atoms with Crippen LogP contribution in [-0.4, -0.2) is 67.7 Å². The average Bonchev–Trinajstić information content (AvgIpc) is 2.40. The van der Waals surface area contributed by atoms with E-state index < -0.39 is 11.5 Å². The molecular weight excluding hydrogens is 294 g/mol. The fraction of sp³-hybridized carbons (Fsp3) is 0.824. The lowest BCUT2D eigenvalue weighted by atomic mass is 9.86. The van der Waals surface area contributed by atoms with Gasteiger partial charge in [-0.1, -0.05) is 34.6 Å². The Hall–Kier alpha value is -1.43. The van der Waals surface area contributed by atoms with Gasteiger partial charge in [-0.15, -0.1) is 0 Å². The summed E-state index contributed by atoms with van der Waals surface area (Å²) in [6, 6.07) is -0.765. The van der Waals surface area contributed by atoms with E-state index in [9.17, 15) is 14.4 Å². The van der Waals surface area contributed by atoms with Crippen molar-refractivity contribution in [3.05, 3.63) is 0 Å². The second-order valence-electron chi connectivity index (χ2n) is 7.59. The van der Waals surface area contributed by atoms with Gasteiger partial charge in [-0.3, -0.25) is 14.4 Å². The van der Waals surface area contributed by atoms with Crippen molar-refractivity contribution in [3.8, 4) is 0 Å². The second-order valence-corrected chi connectivity index (χ2v) is 7.59. The van der Waals surface area contributed by atoms with Gasteiger partial charge in [0.1, 0.15) is 11.8 Å². The van der Waals surface area contributed by atoms with E-state index in [1.54, 1.807) is 20.9 Å². The number of carbonyl (C=O) groups is 3. The first kappa shape index (κ1) is 21.6. The first-order chi connectivity index (χ1) is 10.4. The Morgan fingerprint density at radius 3 is 1.96 bits per heavy atom. The minimum Gasteiger partial charge on any atom is -0.353 e. The summed E-state index contributed by atoms with van der Waals surface area (Å²) in [4.78, 5) is 40.4. The normalized spacial score (nSPS) is 13.1. The maximum Gasteiger partial charge on any atom is 0.243 e. The quantitative estimate of drug-likeness (QED) is 0.726. The standard InChI is InChI=1S/C17H33N3O3/c1-12(2)16(23)20(8)13(11-14(21)17(3,4)5)15(22)18-9-10-19(6)7/h12-13H,9-11H2,1-8H3,(H,18,22)/t13-/m0/s1. The maximum absolute atomic E-state index is 12.5. The Morgan fingerprint density at radius 1 is 1.04 bits per heavy atom. The molecule has 0 aromatic carbocycles. The topological polar surface area (TPSA) is 69.7 Å². The van der Waals surface area contributed by atoms with Crippen molar-refractivity contribution in [2.45, 2.75) is 47.1 Å². The zero-order chi connectivity index (χ0) is 18.4. The molecule has 0 saturated heterocycles. The van der Waals surface area contributed by atoms with Gasteiger partial charge in [0.2, 0.25) is 11.8 Å². The molecule has 0 heterocycles. The summed E-state index contributed by atoms with van der Waals surface area (Å²) in [7, 11) is 5.43. The first-order valence-corrected chi connectivity index (χ1v) is 8.10. The molecule has 0 aromatic rings. The van der Waals surface area contributed by atoms with E-state index >= 15 is 0 Å². The van der Waals surface area contributed by atoms with Crippen LogP contribution in [0.15, 0.2) is 0 Å². The minimum absolute atomic E-state index is 0.0336. The van der Waals surface area contributed by atoms with Crippen LogP contribution < -0.4 is 5.32 Å². The maximum atomic E-state index is 12.5. The molecule has 0 aliphatic heterocycles. The third-order valence-corrected chi connectivity index (χ3v) is 3.69. The summed E-state index contributed by atoms with van der Waals surface area (Å²) in [5.41, 5.74) is -0.538. The van der Waals surface area contributed by atoms with Crippen molar-refractivity contribution in [3.63, 3.8) is 0 Å². The van der Waals surface area contributed by atoms with Crippen molar-refractivity contribution in [1.82, 2.24) is 15.1 Å². The molecule has 23 heavy (non-hydrogen) atoms. The van der Waals surface area contributed by atoms with E-state index in [2.05, 4.69) is 5.32 Å². The number of amides is 2. The lowest BCUT2D eigenvalue weighted by Gasteiger charge is -2.30.